The summed E-state index contributed by atoms with van der Waals surface area (Å²) in [6, 6.07) is 11.4. The molecule has 0 bridgehead atoms. The number of esters is 1. The Hall–Kier alpha value is -1.74. The molecule has 204 valence electrons. The molecule has 0 radical (unpaired) electrons. The van der Waals surface area contributed by atoms with Gasteiger partial charge in [-0.2, -0.15) is 0 Å². The molecule has 10 heteroatoms. The summed E-state index contributed by atoms with van der Waals surface area (Å²) >= 11 is 18.9. The van der Waals surface area contributed by atoms with Gasteiger partial charge in [0, 0.05) is 32.0 Å². The van der Waals surface area contributed by atoms with Crippen molar-refractivity contribution >= 4 is 40.8 Å². The fraction of sp³-hybridized carbons (Fsp3) is 0.519. The molecular weight excluding hydrogens is 541 g/mol. The third-order valence-corrected chi connectivity index (χ3v) is 7.14. The first-order valence-corrected chi connectivity index (χ1v) is 13.5. The highest BCUT2D eigenvalue weighted by Crippen LogP contribution is 2.40. The summed E-state index contributed by atoms with van der Waals surface area (Å²) < 4.78 is 22.0. The van der Waals surface area contributed by atoms with Crippen LogP contribution in [-0.2, 0) is 19.7 Å². The zero-order chi connectivity index (χ0) is 27.0. The second kappa shape index (κ2) is 13.9. The molecule has 0 spiro atoms. The predicted molar refractivity (Wildman–Crippen MR) is 146 cm³/mol. The van der Waals surface area contributed by atoms with Gasteiger partial charge in [0.25, 0.3) is 0 Å². The average molecular weight is 575 g/mol. The van der Waals surface area contributed by atoms with E-state index < -0.39 is 23.6 Å². The second-order valence-corrected chi connectivity index (χ2v) is 10.6. The summed E-state index contributed by atoms with van der Waals surface area (Å²) in [6.45, 7) is 9.31. The van der Waals surface area contributed by atoms with Crippen LogP contribution in [-0.4, -0.2) is 80.1 Å². The average Bonchev–Trinajstić information content (AvgIpc) is 2.86. The molecule has 1 aliphatic rings. The van der Waals surface area contributed by atoms with Crippen LogP contribution in [0.15, 0.2) is 36.4 Å². The summed E-state index contributed by atoms with van der Waals surface area (Å²) in [5.74, 6) is 0.641. The Morgan fingerprint density at radius 1 is 1.05 bits per heavy atom. The number of carbonyl (C=O) groups is 1. The molecular formula is C27H34Cl3NO6. The first kappa shape index (κ1) is 29.8. The Morgan fingerprint density at radius 2 is 1.68 bits per heavy atom. The van der Waals surface area contributed by atoms with Gasteiger partial charge in [-0.15, -0.1) is 11.6 Å². The van der Waals surface area contributed by atoms with Crippen LogP contribution >= 0.6 is 34.8 Å². The van der Waals surface area contributed by atoms with Gasteiger partial charge in [0.05, 0.1) is 29.1 Å². The lowest BCUT2D eigenvalue weighted by Crippen LogP contribution is -2.42. The monoisotopic (exact) mass is 573 g/mol. The number of β-amino-alcohol motifs (C(OH)–C–C–N with tert-alkyl or cyclic N) is 1. The summed E-state index contributed by atoms with van der Waals surface area (Å²) in [7, 11) is 0. The predicted octanol–water partition coefficient (Wildman–Crippen LogP) is 4.94. The molecule has 1 saturated heterocycles. The number of aliphatic hydroxyl groups is 1. The first-order chi connectivity index (χ1) is 17.6. The minimum absolute atomic E-state index is 0.0356. The van der Waals surface area contributed by atoms with E-state index in [2.05, 4.69) is 18.7 Å². The van der Waals surface area contributed by atoms with Crippen molar-refractivity contribution in [2.24, 2.45) is 0 Å². The normalized spacial score (nSPS) is 16.2. The Balaban J connectivity index is 1.62. The highest BCUT2D eigenvalue weighted by Gasteiger charge is 2.26. The molecule has 1 heterocycles. The molecule has 0 aliphatic carbocycles. The van der Waals surface area contributed by atoms with Crippen LogP contribution in [0.1, 0.15) is 31.9 Å². The topological polar surface area (TPSA) is 77.5 Å². The van der Waals surface area contributed by atoms with Crippen LogP contribution in [0.5, 0.6) is 11.5 Å². The van der Waals surface area contributed by atoms with Gasteiger partial charge in [-0.25, -0.2) is 0 Å². The maximum atomic E-state index is 11.2. The summed E-state index contributed by atoms with van der Waals surface area (Å²) in [5.41, 5.74) is 1.52. The smallest absolute Gasteiger partial charge is 0.303 e. The largest absolute Gasteiger partial charge is 0.491 e. The number of halogens is 3. The highest BCUT2D eigenvalue weighted by molar-refractivity contribution is 6.37. The number of morpholine rings is 1. The minimum Gasteiger partial charge on any atom is -0.491 e. The number of nitrogens with zero attached hydrogens (tertiary/aromatic N) is 1. The zero-order valence-corrected chi connectivity index (χ0v) is 23.6. The van der Waals surface area contributed by atoms with E-state index in [-0.39, 0.29) is 19.1 Å². The van der Waals surface area contributed by atoms with Crippen molar-refractivity contribution in [2.45, 2.75) is 38.4 Å². The fourth-order valence-electron chi connectivity index (χ4n) is 4.04. The molecule has 0 aromatic heterocycles. The van der Waals surface area contributed by atoms with Crippen LogP contribution in [0.3, 0.4) is 0 Å². The molecule has 1 aliphatic heterocycles. The molecule has 37 heavy (non-hydrogen) atoms. The van der Waals surface area contributed by atoms with Crippen LogP contribution in [0, 0.1) is 0 Å². The Morgan fingerprint density at radius 3 is 2.24 bits per heavy atom. The number of hydrogen-bond donors (Lipinski definition) is 1. The minimum atomic E-state index is -0.608. The van der Waals surface area contributed by atoms with Crippen LogP contribution < -0.4 is 9.47 Å². The molecule has 0 amide bonds. The van der Waals surface area contributed by atoms with Crippen molar-refractivity contribution in [3.8, 4) is 11.5 Å². The Kier molecular flexibility index (Phi) is 11.2. The second-order valence-electron chi connectivity index (χ2n) is 9.49. The number of alkyl halides is 1. The van der Waals surface area contributed by atoms with Gasteiger partial charge in [-0.3, -0.25) is 9.69 Å². The SMILES string of the molecule is CC(=O)O[C@H](CCl)COc1c(Cl)cc(C(C)(C)c2ccc(OC[C@@H](O)CN3CCOCC3)cc2)cc1Cl. The first-order valence-electron chi connectivity index (χ1n) is 12.2. The van der Waals surface area contributed by atoms with Crippen LogP contribution in [0.2, 0.25) is 10.0 Å². The number of benzene rings is 2. The maximum absolute atomic E-state index is 11.2. The van der Waals surface area contributed by atoms with Gasteiger partial charge >= 0.3 is 5.97 Å². The molecule has 0 unspecified atom stereocenters. The molecule has 0 saturated carbocycles. The van der Waals surface area contributed by atoms with Crippen molar-refractivity contribution in [3.05, 3.63) is 57.6 Å². The number of hydrogen-bond acceptors (Lipinski definition) is 7. The zero-order valence-electron chi connectivity index (χ0n) is 21.3. The van der Waals surface area contributed by atoms with E-state index in [9.17, 15) is 9.90 Å². The molecule has 2 aromatic carbocycles. The highest BCUT2D eigenvalue weighted by atomic mass is 35.5. The van der Waals surface area contributed by atoms with E-state index in [1.807, 2.05) is 36.4 Å². The van der Waals surface area contributed by atoms with Crippen LogP contribution in [0.25, 0.3) is 0 Å². The molecule has 1 N–H and O–H groups in total. The lowest BCUT2D eigenvalue weighted by molar-refractivity contribution is -0.146. The lowest BCUT2D eigenvalue weighted by atomic mass is 9.78. The van der Waals surface area contributed by atoms with Gasteiger partial charge < -0.3 is 24.1 Å². The number of aliphatic hydroxyl groups excluding tert-OH is 1. The van der Waals surface area contributed by atoms with E-state index in [0.717, 1.165) is 24.2 Å². The van der Waals surface area contributed by atoms with E-state index >= 15 is 0 Å². The molecule has 2 atom stereocenters. The van der Waals surface area contributed by atoms with E-state index in [0.29, 0.717) is 41.3 Å². The standard InChI is InChI=1S/C27H34Cl3NO6/c1-18(32)37-23(14-28)17-36-26-24(29)12-20(13-25(26)30)27(2,3)19-4-6-22(7-5-19)35-16-21(33)15-31-8-10-34-11-9-31/h4-7,12-13,21,23,33H,8-11,14-17H2,1-3H3/t21-,23+/m0/s1. The lowest BCUT2D eigenvalue weighted by Gasteiger charge is -2.28. The van der Waals surface area contributed by atoms with E-state index in [4.69, 9.17) is 53.8 Å². The molecule has 1 fully saturated rings. The summed E-state index contributed by atoms with van der Waals surface area (Å²) in [6.07, 6.45) is -1.18. The van der Waals surface area contributed by atoms with Crippen molar-refractivity contribution in [2.75, 3.05) is 51.9 Å². The number of carbonyl (C=O) groups excluding carboxylic acids is 1. The van der Waals surface area contributed by atoms with Crippen molar-refractivity contribution in [1.29, 1.82) is 0 Å². The van der Waals surface area contributed by atoms with Crippen molar-refractivity contribution in [1.82, 2.24) is 4.90 Å². The summed E-state index contributed by atoms with van der Waals surface area (Å²) in [5, 5.41) is 11.0. The van der Waals surface area contributed by atoms with Crippen molar-refractivity contribution in [3.63, 3.8) is 0 Å². The number of rotatable bonds is 12. The third kappa shape index (κ3) is 8.63. The third-order valence-electron chi connectivity index (χ3n) is 6.23. The van der Waals surface area contributed by atoms with Crippen molar-refractivity contribution < 1.29 is 28.8 Å². The molecule has 7 nitrogen and oxygen atoms in total. The van der Waals surface area contributed by atoms with Gasteiger partial charge in [-0.05, 0) is 35.4 Å². The summed E-state index contributed by atoms with van der Waals surface area (Å²) in [4.78, 5) is 13.4. The van der Waals surface area contributed by atoms with Gasteiger partial charge in [0.15, 0.2) is 5.75 Å². The maximum Gasteiger partial charge on any atom is 0.303 e. The Bertz CT molecular complexity index is 1000. The number of ether oxygens (including phenoxy) is 4. The van der Waals surface area contributed by atoms with Gasteiger partial charge in [0.2, 0.25) is 0 Å². The Labute approximate surface area is 233 Å². The van der Waals surface area contributed by atoms with Gasteiger partial charge in [0.1, 0.15) is 31.2 Å². The quantitative estimate of drug-likeness (QED) is 0.284. The molecule has 2 aromatic rings. The van der Waals surface area contributed by atoms with E-state index in [1.54, 1.807) is 0 Å². The van der Waals surface area contributed by atoms with Gasteiger partial charge in [-0.1, -0.05) is 49.2 Å². The molecule has 3 rings (SSSR count). The van der Waals surface area contributed by atoms with E-state index in [1.165, 1.54) is 6.92 Å². The van der Waals surface area contributed by atoms with Crippen LogP contribution in [0.4, 0.5) is 0 Å². The fourth-order valence-corrected chi connectivity index (χ4v) is 4.79.